The van der Waals surface area contributed by atoms with Gasteiger partial charge in [0.1, 0.15) is 6.61 Å². The molecule has 0 aliphatic heterocycles. The van der Waals surface area contributed by atoms with E-state index in [1.165, 1.54) is 135 Å². The zero-order valence-corrected chi connectivity index (χ0v) is 48.9. The number of phosphoric acid groups is 1. The van der Waals surface area contributed by atoms with E-state index < -0.39 is 32.5 Å². The molecule has 0 saturated carbocycles. The van der Waals surface area contributed by atoms with Crippen molar-refractivity contribution >= 4 is 19.8 Å². The van der Waals surface area contributed by atoms with Crippen LogP contribution in [0.4, 0.5) is 0 Å². The molecule has 3 N–H and O–H groups in total. The monoisotopic (exact) mass is 1070 g/mol. The summed E-state index contributed by atoms with van der Waals surface area (Å²) in [5.41, 5.74) is 5.38. The first-order valence-electron chi connectivity index (χ1n) is 30.4. The second-order valence-corrected chi connectivity index (χ2v) is 21.3. The summed E-state index contributed by atoms with van der Waals surface area (Å²) in [6.45, 7) is 3.59. The fourth-order valence-electron chi connectivity index (χ4n) is 8.18. The Kier molecular flexibility index (Phi) is 57.2. The number of esters is 2. The molecule has 10 heteroatoms. The van der Waals surface area contributed by atoms with Crippen LogP contribution in [0.25, 0.3) is 0 Å². The number of hydrogen-bond donors (Lipinski definition) is 2. The first-order chi connectivity index (χ1) is 36.8. The SMILES string of the molecule is CC/C=C\C/C=C\C/C=C\C/C=C\C/C=C\C/C=C\C/C=C\CCCCCC(=O)OC(COC(=O)CCCCCCCCCCCCCCCCCCC/C=C\C/C=C\CCCCCCC)COP(=O)(O)OCCN. The van der Waals surface area contributed by atoms with Gasteiger partial charge in [-0.05, 0) is 103 Å². The zero-order valence-electron chi connectivity index (χ0n) is 48.0. The van der Waals surface area contributed by atoms with Gasteiger partial charge in [0.25, 0.3) is 0 Å². The third kappa shape index (κ3) is 59.8. The molecule has 0 aliphatic carbocycles. The van der Waals surface area contributed by atoms with Crippen LogP contribution in [-0.2, 0) is 32.7 Å². The number of nitrogens with two attached hydrogens (primary N) is 1. The van der Waals surface area contributed by atoms with Crippen LogP contribution in [0.3, 0.4) is 0 Å². The fourth-order valence-corrected chi connectivity index (χ4v) is 8.94. The van der Waals surface area contributed by atoms with Gasteiger partial charge in [-0.2, -0.15) is 0 Å². The van der Waals surface area contributed by atoms with Crippen LogP contribution in [0, 0.1) is 0 Å². The molecule has 0 aromatic heterocycles. The minimum Gasteiger partial charge on any atom is -0.462 e. The Morgan fingerprint density at radius 1 is 0.413 bits per heavy atom. The lowest BCUT2D eigenvalue weighted by atomic mass is 10.0. The van der Waals surface area contributed by atoms with Crippen LogP contribution in [0.2, 0.25) is 0 Å². The molecule has 2 unspecified atom stereocenters. The summed E-state index contributed by atoms with van der Waals surface area (Å²) in [4.78, 5) is 35.2. The summed E-state index contributed by atoms with van der Waals surface area (Å²) in [6.07, 6.45) is 81.5. The van der Waals surface area contributed by atoms with Crippen molar-refractivity contribution < 1.29 is 37.6 Å². The molecular formula is C65H112NO8P. The summed E-state index contributed by atoms with van der Waals surface area (Å²) < 4.78 is 33.0. The molecule has 0 amide bonds. The van der Waals surface area contributed by atoms with Gasteiger partial charge in [0.2, 0.25) is 0 Å². The molecule has 0 bridgehead atoms. The molecule has 0 aromatic rings. The van der Waals surface area contributed by atoms with Gasteiger partial charge in [0, 0.05) is 19.4 Å². The van der Waals surface area contributed by atoms with E-state index in [1.807, 2.05) is 0 Å². The molecule has 0 fully saturated rings. The smallest absolute Gasteiger partial charge is 0.462 e. The van der Waals surface area contributed by atoms with Crippen molar-refractivity contribution in [1.82, 2.24) is 0 Å². The van der Waals surface area contributed by atoms with E-state index in [0.717, 1.165) is 89.9 Å². The molecular weight excluding hydrogens is 954 g/mol. The normalized spacial score (nSPS) is 13.8. The summed E-state index contributed by atoms with van der Waals surface area (Å²) in [6, 6.07) is 0. The van der Waals surface area contributed by atoms with Crippen molar-refractivity contribution in [1.29, 1.82) is 0 Å². The summed E-state index contributed by atoms with van der Waals surface area (Å²) in [5.74, 6) is -0.867. The number of carbonyl (C=O) groups is 2. The Morgan fingerprint density at radius 2 is 0.733 bits per heavy atom. The van der Waals surface area contributed by atoms with Crippen molar-refractivity contribution in [2.75, 3.05) is 26.4 Å². The van der Waals surface area contributed by atoms with E-state index in [0.29, 0.717) is 6.42 Å². The number of rotatable bonds is 56. The summed E-state index contributed by atoms with van der Waals surface area (Å²) in [5, 5.41) is 0. The van der Waals surface area contributed by atoms with Crippen LogP contribution < -0.4 is 5.73 Å². The first-order valence-corrected chi connectivity index (χ1v) is 31.9. The highest BCUT2D eigenvalue weighted by atomic mass is 31.2. The van der Waals surface area contributed by atoms with Gasteiger partial charge in [-0.15, -0.1) is 0 Å². The third-order valence-corrected chi connectivity index (χ3v) is 13.6. The van der Waals surface area contributed by atoms with Gasteiger partial charge < -0.3 is 20.1 Å². The lowest BCUT2D eigenvalue weighted by Gasteiger charge is -2.19. The van der Waals surface area contributed by atoms with E-state index in [4.69, 9.17) is 24.3 Å². The highest BCUT2D eigenvalue weighted by molar-refractivity contribution is 7.47. The van der Waals surface area contributed by atoms with Crippen LogP contribution in [-0.4, -0.2) is 49.3 Å². The number of phosphoric ester groups is 1. The molecule has 2 atom stereocenters. The molecule has 0 rings (SSSR count). The van der Waals surface area contributed by atoms with Crippen LogP contribution >= 0.6 is 7.82 Å². The average Bonchev–Trinajstić information content (AvgIpc) is 3.40. The number of carbonyl (C=O) groups excluding carboxylic acids is 2. The quantitative estimate of drug-likeness (QED) is 0.0264. The van der Waals surface area contributed by atoms with E-state index >= 15 is 0 Å². The number of unbranched alkanes of at least 4 members (excludes halogenated alkanes) is 25. The van der Waals surface area contributed by atoms with Gasteiger partial charge in [-0.25, -0.2) is 4.57 Å². The lowest BCUT2D eigenvalue weighted by molar-refractivity contribution is -0.161. The van der Waals surface area contributed by atoms with Crippen molar-refractivity contribution in [3.05, 3.63) is 109 Å². The Morgan fingerprint density at radius 3 is 1.11 bits per heavy atom. The summed E-state index contributed by atoms with van der Waals surface area (Å²) in [7, 11) is -4.41. The third-order valence-electron chi connectivity index (χ3n) is 12.6. The van der Waals surface area contributed by atoms with E-state index in [9.17, 15) is 19.0 Å². The van der Waals surface area contributed by atoms with Crippen molar-refractivity contribution in [3.63, 3.8) is 0 Å². The van der Waals surface area contributed by atoms with Gasteiger partial charge >= 0.3 is 19.8 Å². The van der Waals surface area contributed by atoms with E-state index in [-0.39, 0.29) is 32.6 Å². The molecule has 0 spiro atoms. The minimum atomic E-state index is -4.41. The molecule has 75 heavy (non-hydrogen) atoms. The molecule has 0 aromatic carbocycles. The van der Waals surface area contributed by atoms with Gasteiger partial charge in [0.15, 0.2) is 6.10 Å². The molecule has 0 aliphatic rings. The predicted octanol–water partition coefficient (Wildman–Crippen LogP) is 19.4. The number of hydrogen-bond acceptors (Lipinski definition) is 8. The number of ether oxygens (including phenoxy) is 2. The second-order valence-electron chi connectivity index (χ2n) is 19.8. The average molecular weight is 1070 g/mol. The van der Waals surface area contributed by atoms with Crippen molar-refractivity contribution in [3.8, 4) is 0 Å². The van der Waals surface area contributed by atoms with Crippen LogP contribution in [0.5, 0.6) is 0 Å². The Labute approximate surface area is 460 Å². The molecule has 430 valence electrons. The Balaban J connectivity index is 4.02. The largest absolute Gasteiger partial charge is 0.472 e. The second kappa shape index (κ2) is 59.9. The maximum absolute atomic E-state index is 12.7. The molecule has 0 heterocycles. The first kappa shape index (κ1) is 71.7. The zero-order chi connectivity index (χ0) is 54.5. The molecule has 0 saturated heterocycles. The maximum atomic E-state index is 12.7. The standard InChI is InChI=1S/C65H112NO8P/c1-3-5-7-9-11-13-15-17-19-21-23-25-27-29-30-31-32-34-35-37-39-41-43-45-47-49-51-53-55-57-64(67)71-61-63(62-73-75(69,70)72-60-59-66)74-65(68)58-56-54-52-50-48-46-44-42-40-38-36-33-28-26-24-22-20-18-16-14-12-10-8-6-4-2/h6,8,12,14-15,17-18,20-21,23-24,26,33,36,40,42,46,48,63H,3-5,7,9-11,13,16,19,22,25,27-32,34-35,37-39,41,43-45,47,49-62,66H2,1-2H3,(H,69,70)/b8-6-,14-12-,17-15-,20-18-,23-21-,26-24-,36-33-,42-40-,48-46-. The molecule has 0 radical (unpaired) electrons. The summed E-state index contributed by atoms with van der Waals surface area (Å²) >= 11 is 0. The maximum Gasteiger partial charge on any atom is 0.472 e. The number of allylic oxidation sites excluding steroid dienone is 18. The van der Waals surface area contributed by atoms with Crippen LogP contribution in [0.15, 0.2) is 109 Å². The topological polar surface area (TPSA) is 134 Å². The van der Waals surface area contributed by atoms with Gasteiger partial charge in [-0.3, -0.25) is 18.6 Å². The lowest BCUT2D eigenvalue weighted by Crippen LogP contribution is -2.29. The Hall–Kier alpha value is -3.33. The van der Waals surface area contributed by atoms with Gasteiger partial charge in [-0.1, -0.05) is 252 Å². The van der Waals surface area contributed by atoms with Crippen LogP contribution in [0.1, 0.15) is 258 Å². The van der Waals surface area contributed by atoms with Crippen molar-refractivity contribution in [2.45, 2.75) is 264 Å². The van der Waals surface area contributed by atoms with Gasteiger partial charge in [0.05, 0.1) is 13.2 Å². The van der Waals surface area contributed by atoms with E-state index in [2.05, 4.69) is 123 Å². The highest BCUT2D eigenvalue weighted by Gasteiger charge is 2.26. The highest BCUT2D eigenvalue weighted by Crippen LogP contribution is 2.43. The predicted molar refractivity (Wildman–Crippen MR) is 321 cm³/mol. The van der Waals surface area contributed by atoms with E-state index in [1.54, 1.807) is 0 Å². The van der Waals surface area contributed by atoms with Crippen molar-refractivity contribution in [2.24, 2.45) is 5.73 Å². The Bertz CT molecular complexity index is 1590. The minimum absolute atomic E-state index is 0.0426. The molecule has 9 nitrogen and oxygen atoms in total. The fraction of sp³-hybridized carbons (Fsp3) is 0.692.